The lowest BCUT2D eigenvalue weighted by atomic mass is 10.1. The summed E-state index contributed by atoms with van der Waals surface area (Å²) in [4.78, 5) is 28.9. The molecular weight excluding hydrogens is 332 g/mol. The number of amides is 2. The van der Waals surface area contributed by atoms with Gasteiger partial charge < -0.3 is 19.0 Å². The first-order valence-corrected chi connectivity index (χ1v) is 9.71. The fourth-order valence-electron chi connectivity index (χ4n) is 3.12. The van der Waals surface area contributed by atoms with Gasteiger partial charge in [-0.05, 0) is 31.4 Å². The number of carbonyl (C=O) groups is 2. The quantitative estimate of drug-likeness (QED) is 0.640. The fraction of sp³-hybridized carbons (Fsp3) is 0.700. The normalized spacial score (nSPS) is 16.8. The van der Waals surface area contributed by atoms with Crippen molar-refractivity contribution in [3.05, 3.63) is 24.2 Å². The van der Waals surface area contributed by atoms with Crippen molar-refractivity contribution in [1.82, 2.24) is 9.80 Å². The maximum atomic E-state index is 13.0. The zero-order valence-corrected chi connectivity index (χ0v) is 16.3. The van der Waals surface area contributed by atoms with Crippen LogP contribution in [-0.2, 0) is 20.9 Å². The summed E-state index contributed by atoms with van der Waals surface area (Å²) in [5.41, 5.74) is 0. The van der Waals surface area contributed by atoms with Gasteiger partial charge >= 0.3 is 0 Å². The fourth-order valence-corrected chi connectivity index (χ4v) is 3.12. The van der Waals surface area contributed by atoms with Gasteiger partial charge in [0.15, 0.2) is 0 Å². The number of hydrogen-bond donors (Lipinski definition) is 0. The average molecular weight is 364 g/mol. The van der Waals surface area contributed by atoms with Crippen LogP contribution in [0, 0.1) is 5.92 Å². The third kappa shape index (κ3) is 6.16. The number of ether oxygens (including phenoxy) is 1. The summed E-state index contributed by atoms with van der Waals surface area (Å²) in [5, 5.41) is 0. The van der Waals surface area contributed by atoms with Crippen molar-refractivity contribution in [2.45, 2.75) is 59.1 Å². The van der Waals surface area contributed by atoms with E-state index >= 15 is 0 Å². The summed E-state index contributed by atoms with van der Waals surface area (Å²) >= 11 is 0. The number of carbonyl (C=O) groups excluding carboxylic acids is 2. The summed E-state index contributed by atoms with van der Waals surface area (Å²) in [7, 11) is 0. The SMILES string of the molecule is CCCCN(CC(=O)N(Cc1ccco1)C[C@@H]1CCCO1)C(=O)C(C)C. The Balaban J connectivity index is 2.05. The van der Waals surface area contributed by atoms with E-state index < -0.39 is 0 Å². The van der Waals surface area contributed by atoms with Crippen molar-refractivity contribution in [1.29, 1.82) is 0 Å². The first kappa shape index (κ1) is 20.5. The summed E-state index contributed by atoms with van der Waals surface area (Å²) < 4.78 is 11.1. The lowest BCUT2D eigenvalue weighted by Gasteiger charge is -2.29. The van der Waals surface area contributed by atoms with Gasteiger partial charge in [0.25, 0.3) is 0 Å². The lowest BCUT2D eigenvalue weighted by Crippen LogP contribution is -2.46. The van der Waals surface area contributed by atoms with E-state index in [1.54, 1.807) is 16.1 Å². The first-order chi connectivity index (χ1) is 12.5. The van der Waals surface area contributed by atoms with Gasteiger partial charge in [0, 0.05) is 25.6 Å². The molecule has 1 aromatic heterocycles. The Bertz CT molecular complexity index is 550. The van der Waals surface area contributed by atoms with Gasteiger partial charge in [-0.1, -0.05) is 27.2 Å². The van der Waals surface area contributed by atoms with Crippen molar-refractivity contribution in [2.75, 3.05) is 26.2 Å². The highest BCUT2D eigenvalue weighted by Crippen LogP contribution is 2.16. The molecule has 1 aliphatic heterocycles. The van der Waals surface area contributed by atoms with E-state index in [1.807, 2.05) is 26.0 Å². The highest BCUT2D eigenvalue weighted by Gasteiger charge is 2.26. The third-order valence-electron chi connectivity index (χ3n) is 4.64. The van der Waals surface area contributed by atoms with Crippen molar-refractivity contribution in [3.8, 4) is 0 Å². The molecule has 1 aliphatic rings. The molecule has 0 aromatic carbocycles. The highest BCUT2D eigenvalue weighted by atomic mass is 16.5. The van der Waals surface area contributed by atoms with E-state index in [4.69, 9.17) is 9.15 Å². The molecule has 0 radical (unpaired) electrons. The molecule has 1 atom stereocenters. The van der Waals surface area contributed by atoms with Gasteiger partial charge in [-0.2, -0.15) is 0 Å². The van der Waals surface area contributed by atoms with E-state index in [2.05, 4.69) is 6.92 Å². The Kier molecular flexibility index (Phi) is 8.16. The second kappa shape index (κ2) is 10.4. The maximum Gasteiger partial charge on any atom is 0.242 e. The van der Waals surface area contributed by atoms with Crippen LogP contribution in [0.3, 0.4) is 0 Å². The summed E-state index contributed by atoms with van der Waals surface area (Å²) in [6, 6.07) is 3.68. The molecule has 2 rings (SSSR count). The minimum atomic E-state index is -0.114. The van der Waals surface area contributed by atoms with Gasteiger partial charge in [-0.15, -0.1) is 0 Å². The zero-order chi connectivity index (χ0) is 18.9. The van der Waals surface area contributed by atoms with E-state index in [-0.39, 0.29) is 30.4 Å². The Morgan fingerprint density at radius 3 is 2.69 bits per heavy atom. The highest BCUT2D eigenvalue weighted by molar-refractivity contribution is 5.85. The van der Waals surface area contributed by atoms with Crippen LogP contribution < -0.4 is 0 Å². The van der Waals surface area contributed by atoms with E-state index in [0.29, 0.717) is 19.6 Å². The molecule has 6 nitrogen and oxygen atoms in total. The Labute approximate surface area is 156 Å². The molecule has 1 fully saturated rings. The van der Waals surface area contributed by atoms with Crippen LogP contribution in [-0.4, -0.2) is 54.0 Å². The molecule has 26 heavy (non-hydrogen) atoms. The Hall–Kier alpha value is -1.82. The minimum absolute atomic E-state index is 0.0295. The Morgan fingerprint density at radius 1 is 1.31 bits per heavy atom. The van der Waals surface area contributed by atoms with Gasteiger partial charge in [0.2, 0.25) is 11.8 Å². The summed E-state index contributed by atoms with van der Waals surface area (Å²) in [5.74, 6) is 0.604. The van der Waals surface area contributed by atoms with Crippen molar-refractivity contribution < 1.29 is 18.7 Å². The van der Waals surface area contributed by atoms with Crippen LogP contribution in [0.5, 0.6) is 0 Å². The van der Waals surface area contributed by atoms with Crippen LogP contribution in [0.15, 0.2) is 22.8 Å². The average Bonchev–Trinajstić information content (AvgIpc) is 3.31. The van der Waals surface area contributed by atoms with Crippen LogP contribution in [0.4, 0.5) is 0 Å². The first-order valence-electron chi connectivity index (χ1n) is 9.71. The van der Waals surface area contributed by atoms with Gasteiger partial charge in [0.1, 0.15) is 5.76 Å². The maximum absolute atomic E-state index is 13.0. The van der Waals surface area contributed by atoms with Crippen molar-refractivity contribution in [3.63, 3.8) is 0 Å². The molecule has 1 aromatic rings. The second-order valence-electron chi connectivity index (χ2n) is 7.26. The smallest absolute Gasteiger partial charge is 0.242 e. The Morgan fingerprint density at radius 2 is 2.12 bits per heavy atom. The molecule has 146 valence electrons. The zero-order valence-electron chi connectivity index (χ0n) is 16.3. The molecule has 0 bridgehead atoms. The van der Waals surface area contributed by atoms with Crippen LogP contribution >= 0.6 is 0 Å². The van der Waals surface area contributed by atoms with Crippen LogP contribution in [0.25, 0.3) is 0 Å². The molecule has 0 N–H and O–H groups in total. The summed E-state index contributed by atoms with van der Waals surface area (Å²) in [6.07, 6.45) is 5.56. The van der Waals surface area contributed by atoms with Crippen molar-refractivity contribution in [2.24, 2.45) is 5.92 Å². The molecular formula is C20H32N2O4. The number of rotatable bonds is 10. The van der Waals surface area contributed by atoms with Gasteiger partial charge in [0.05, 0.1) is 25.5 Å². The van der Waals surface area contributed by atoms with Crippen LogP contribution in [0.2, 0.25) is 0 Å². The predicted molar refractivity (Wildman–Crippen MR) is 99.4 cm³/mol. The number of nitrogens with zero attached hydrogens (tertiary/aromatic N) is 2. The lowest BCUT2D eigenvalue weighted by molar-refractivity contribution is -0.143. The predicted octanol–water partition coefficient (Wildman–Crippen LogP) is 3.07. The molecule has 6 heteroatoms. The van der Waals surface area contributed by atoms with Crippen LogP contribution in [0.1, 0.15) is 52.2 Å². The molecule has 2 amide bonds. The van der Waals surface area contributed by atoms with Crippen molar-refractivity contribution >= 4 is 11.8 Å². The molecule has 0 spiro atoms. The van der Waals surface area contributed by atoms with Gasteiger partial charge in [-0.3, -0.25) is 9.59 Å². The van der Waals surface area contributed by atoms with E-state index in [0.717, 1.165) is 38.1 Å². The number of furan rings is 1. The van der Waals surface area contributed by atoms with E-state index in [9.17, 15) is 9.59 Å². The largest absolute Gasteiger partial charge is 0.467 e. The monoisotopic (exact) mass is 364 g/mol. The number of hydrogen-bond acceptors (Lipinski definition) is 4. The molecule has 1 saturated heterocycles. The third-order valence-corrected chi connectivity index (χ3v) is 4.64. The van der Waals surface area contributed by atoms with E-state index in [1.165, 1.54) is 0 Å². The van der Waals surface area contributed by atoms with Gasteiger partial charge in [-0.25, -0.2) is 0 Å². The number of unbranched alkanes of at least 4 members (excludes halogenated alkanes) is 1. The molecule has 0 aliphatic carbocycles. The molecule has 0 saturated carbocycles. The molecule has 2 heterocycles. The standard InChI is InChI=1S/C20H32N2O4/c1-4-5-10-21(20(24)16(2)3)15-19(23)22(13-17-8-6-11-25-17)14-18-9-7-12-26-18/h6,8,11,16,18H,4-5,7,9-10,12-15H2,1-3H3/t18-/m0/s1. The topological polar surface area (TPSA) is 63.0 Å². The minimum Gasteiger partial charge on any atom is -0.467 e. The summed E-state index contributed by atoms with van der Waals surface area (Å²) in [6.45, 7) is 8.26. The second-order valence-corrected chi connectivity index (χ2v) is 7.26. The molecule has 0 unspecified atom stereocenters.